The number of halogens is 1. The van der Waals surface area contributed by atoms with Gasteiger partial charge in [-0.2, -0.15) is 0 Å². The summed E-state index contributed by atoms with van der Waals surface area (Å²) in [4.78, 5) is 22.9. The molecule has 0 aliphatic rings. The van der Waals surface area contributed by atoms with Gasteiger partial charge in [-0.15, -0.1) is 0 Å². The fourth-order valence-corrected chi connectivity index (χ4v) is 3.89. The van der Waals surface area contributed by atoms with Crippen LogP contribution in [0.25, 0.3) is 15.8 Å². The second-order valence-corrected chi connectivity index (χ2v) is 7.94. The lowest BCUT2D eigenvalue weighted by molar-refractivity contribution is 0.101. The molecule has 0 fully saturated rings. The number of nitrogens with zero attached hydrogens (tertiary/aromatic N) is 3. The Morgan fingerprint density at radius 3 is 2.77 bits per heavy atom. The maximum absolute atomic E-state index is 13.5. The van der Waals surface area contributed by atoms with Crippen LogP contribution in [0.15, 0.2) is 47.6 Å². The average molecular weight is 425 g/mol. The number of hydrogen-bond acceptors (Lipinski definition) is 4. The molecular weight excluding hydrogens is 399 g/mol. The first-order valence-electron chi connectivity index (χ1n) is 9.75. The van der Waals surface area contributed by atoms with Gasteiger partial charge in [0.15, 0.2) is 5.82 Å². The fourth-order valence-electron chi connectivity index (χ4n) is 3.07. The molecule has 0 atom stereocenters. The summed E-state index contributed by atoms with van der Waals surface area (Å²) < 4.78 is 15.2. The summed E-state index contributed by atoms with van der Waals surface area (Å²) in [5.74, 6) is -0.0140. The number of rotatable bonds is 6. The summed E-state index contributed by atoms with van der Waals surface area (Å²) >= 11 is 1.58. The van der Waals surface area contributed by atoms with Crippen LogP contribution in [-0.2, 0) is 0 Å². The van der Waals surface area contributed by atoms with Crippen LogP contribution in [0, 0.1) is 19.7 Å². The zero-order valence-electron chi connectivity index (χ0n) is 17.8. The van der Waals surface area contributed by atoms with Crippen LogP contribution in [0.5, 0.6) is 0 Å². The van der Waals surface area contributed by atoms with Crippen molar-refractivity contribution >= 4 is 33.5 Å². The number of carbonyl (C=O) groups is 1. The highest BCUT2D eigenvalue weighted by molar-refractivity contribution is 8.10. The minimum atomic E-state index is -0.320. The number of aryl methyl sites for hydroxylation is 2. The predicted molar refractivity (Wildman–Crippen MR) is 122 cm³/mol. The smallest absolute Gasteiger partial charge is 0.267 e. The van der Waals surface area contributed by atoms with Crippen LogP contribution in [0.4, 0.5) is 4.39 Å². The molecule has 1 amide bonds. The van der Waals surface area contributed by atoms with Gasteiger partial charge >= 0.3 is 0 Å². The third-order valence-electron chi connectivity index (χ3n) is 4.85. The van der Waals surface area contributed by atoms with E-state index < -0.39 is 0 Å². The Bertz CT molecular complexity index is 1160. The number of aromatic nitrogens is 3. The van der Waals surface area contributed by atoms with Gasteiger partial charge in [-0.3, -0.25) is 14.9 Å². The lowest BCUT2D eigenvalue weighted by atomic mass is 10.2. The molecule has 7 heteroatoms. The molecule has 3 rings (SSSR count). The van der Waals surface area contributed by atoms with Gasteiger partial charge in [0.05, 0.1) is 21.7 Å². The highest BCUT2D eigenvalue weighted by Gasteiger charge is 2.16. The Morgan fingerprint density at radius 2 is 2.10 bits per heavy atom. The van der Waals surface area contributed by atoms with E-state index in [1.807, 2.05) is 25.3 Å². The summed E-state index contributed by atoms with van der Waals surface area (Å²) in [5.41, 5.74) is 6.63. The van der Waals surface area contributed by atoms with Crippen LogP contribution in [0.3, 0.4) is 0 Å². The van der Waals surface area contributed by atoms with E-state index in [1.165, 1.54) is 17.7 Å². The van der Waals surface area contributed by atoms with Gasteiger partial charge in [0.25, 0.3) is 5.91 Å². The minimum Gasteiger partial charge on any atom is -0.267 e. The zero-order valence-corrected chi connectivity index (χ0v) is 18.6. The molecule has 5 nitrogen and oxygen atoms in total. The van der Waals surface area contributed by atoms with E-state index in [4.69, 9.17) is 0 Å². The van der Waals surface area contributed by atoms with Crippen LogP contribution in [0.2, 0.25) is 0 Å². The molecular formula is C23H25FN4OS. The van der Waals surface area contributed by atoms with Crippen molar-refractivity contribution in [3.05, 3.63) is 76.1 Å². The van der Waals surface area contributed by atoms with Gasteiger partial charge in [0.1, 0.15) is 5.82 Å². The van der Waals surface area contributed by atoms with Crippen molar-refractivity contribution in [2.75, 3.05) is 5.43 Å². The second kappa shape index (κ2) is 9.26. The van der Waals surface area contributed by atoms with Crippen molar-refractivity contribution in [1.29, 1.82) is 0 Å². The fraction of sp³-hybridized carbons (Fsp3) is 0.261. The van der Waals surface area contributed by atoms with Crippen molar-refractivity contribution in [2.45, 2.75) is 41.0 Å². The van der Waals surface area contributed by atoms with Crippen LogP contribution < -0.4 is 5.43 Å². The van der Waals surface area contributed by atoms with Gasteiger partial charge in [0.2, 0.25) is 0 Å². The van der Waals surface area contributed by atoms with E-state index >= 15 is 0 Å². The van der Waals surface area contributed by atoms with Crippen LogP contribution in [-0.4, -0.2) is 20.6 Å². The molecule has 0 aliphatic carbocycles. The Hall–Kier alpha value is -2.93. The molecule has 0 saturated heterocycles. The normalized spacial score (nSPS) is 12.5. The summed E-state index contributed by atoms with van der Waals surface area (Å²) in [5, 5.41) is 2.75. The minimum absolute atomic E-state index is 0.309. The van der Waals surface area contributed by atoms with Gasteiger partial charge in [-0.05, 0) is 63.3 Å². The molecule has 0 saturated carbocycles. The number of hydrogen-bond donors (Lipinski definition) is 1. The predicted octanol–water partition coefficient (Wildman–Crippen LogP) is 5.98. The van der Waals surface area contributed by atoms with Crippen LogP contribution >= 0.6 is 11.8 Å². The first-order chi connectivity index (χ1) is 14.3. The lowest BCUT2D eigenvalue weighted by Gasteiger charge is -2.12. The first kappa shape index (κ1) is 21.8. The standard InChI is InChI=1S/C23H25FN4OS/c1-6-10-30-21(14(3)7-2)22-25-12-19(16(5)26-22)23(29)27-28-13-15(4)18-11-17(24)8-9-20(18)28/h6,8-13H,7H2,1-5H3,(H,27,29)/b10-6-,21-14+. The van der Waals surface area contributed by atoms with Gasteiger partial charge in [-0.25, -0.2) is 14.4 Å². The maximum atomic E-state index is 13.5. The summed E-state index contributed by atoms with van der Waals surface area (Å²) in [6.07, 6.45) is 6.19. The average Bonchev–Trinajstić information content (AvgIpc) is 3.02. The molecule has 156 valence electrons. The Balaban J connectivity index is 1.91. The summed E-state index contributed by atoms with van der Waals surface area (Å²) in [6, 6.07) is 4.48. The number of allylic oxidation sites excluding steroid dienone is 2. The highest BCUT2D eigenvalue weighted by atomic mass is 32.2. The Kier molecular flexibility index (Phi) is 6.72. The Morgan fingerprint density at radius 1 is 1.33 bits per heavy atom. The van der Waals surface area contributed by atoms with Crippen LogP contribution in [0.1, 0.15) is 54.6 Å². The second-order valence-electron chi connectivity index (χ2n) is 7.03. The van der Waals surface area contributed by atoms with Gasteiger partial charge < -0.3 is 0 Å². The third kappa shape index (κ3) is 4.46. The zero-order chi connectivity index (χ0) is 21.8. The molecule has 2 heterocycles. The molecule has 0 bridgehead atoms. The molecule has 0 unspecified atom stereocenters. The number of amides is 1. The molecule has 30 heavy (non-hydrogen) atoms. The molecule has 0 aliphatic heterocycles. The first-order valence-corrected chi connectivity index (χ1v) is 10.6. The SMILES string of the molecule is C/C=C\S/C(=C(\C)CC)c1ncc(C(=O)Nn2cc(C)c3cc(F)ccc32)c(C)n1. The van der Waals surface area contributed by atoms with Crippen molar-refractivity contribution in [2.24, 2.45) is 0 Å². The van der Waals surface area contributed by atoms with Crippen molar-refractivity contribution in [3.63, 3.8) is 0 Å². The number of nitrogens with one attached hydrogen (secondary N) is 1. The van der Waals surface area contributed by atoms with E-state index in [0.717, 1.165) is 27.8 Å². The van der Waals surface area contributed by atoms with E-state index in [0.29, 0.717) is 17.1 Å². The van der Waals surface area contributed by atoms with E-state index in [1.54, 1.807) is 41.8 Å². The number of benzene rings is 1. The topological polar surface area (TPSA) is 59.8 Å². The molecule has 1 aromatic carbocycles. The van der Waals surface area contributed by atoms with Gasteiger partial charge in [-0.1, -0.05) is 30.3 Å². The summed E-state index contributed by atoms with van der Waals surface area (Å²) in [7, 11) is 0. The number of carbonyl (C=O) groups excluding carboxylic acids is 1. The quantitative estimate of drug-likeness (QED) is 0.529. The van der Waals surface area contributed by atoms with Crippen molar-refractivity contribution in [3.8, 4) is 0 Å². The molecule has 2 aromatic heterocycles. The van der Waals surface area contributed by atoms with Crippen molar-refractivity contribution < 1.29 is 9.18 Å². The van der Waals surface area contributed by atoms with E-state index in [9.17, 15) is 9.18 Å². The molecule has 0 spiro atoms. The van der Waals surface area contributed by atoms with Crippen molar-refractivity contribution in [1.82, 2.24) is 14.6 Å². The van der Waals surface area contributed by atoms with E-state index in [-0.39, 0.29) is 11.7 Å². The number of fused-ring (bicyclic) bond motifs is 1. The molecule has 1 N–H and O–H groups in total. The molecule has 0 radical (unpaired) electrons. The largest absolute Gasteiger partial charge is 0.273 e. The monoisotopic (exact) mass is 424 g/mol. The molecule has 3 aromatic rings. The lowest BCUT2D eigenvalue weighted by Crippen LogP contribution is -2.23. The highest BCUT2D eigenvalue weighted by Crippen LogP contribution is 2.31. The number of thioether (sulfide) groups is 1. The van der Waals surface area contributed by atoms with E-state index in [2.05, 4.69) is 29.2 Å². The Labute approximate surface area is 180 Å². The summed E-state index contributed by atoms with van der Waals surface area (Å²) in [6.45, 7) is 9.79. The van der Waals surface area contributed by atoms with Gasteiger partial charge in [0, 0.05) is 17.8 Å². The maximum Gasteiger partial charge on any atom is 0.273 e. The third-order valence-corrected chi connectivity index (χ3v) is 6.03.